The highest BCUT2D eigenvalue weighted by atomic mass is 15.1. The molecule has 2 aliphatic rings. The zero-order valence-electron chi connectivity index (χ0n) is 10.6. The largest absolute Gasteiger partial charge is 0.305 e. The van der Waals surface area contributed by atoms with Gasteiger partial charge in [-0.25, -0.2) is 0 Å². The van der Waals surface area contributed by atoms with Gasteiger partial charge >= 0.3 is 0 Å². The minimum Gasteiger partial charge on any atom is -0.305 e. The molecule has 18 heavy (non-hydrogen) atoms. The summed E-state index contributed by atoms with van der Waals surface area (Å²) in [5, 5.41) is 8.94. The van der Waals surface area contributed by atoms with Crippen molar-refractivity contribution >= 4 is 5.57 Å². The molecule has 3 rings (SSSR count). The van der Waals surface area contributed by atoms with Crippen LogP contribution in [-0.2, 0) is 0 Å². The summed E-state index contributed by atoms with van der Waals surface area (Å²) in [5.41, 5.74) is 3.17. The summed E-state index contributed by atoms with van der Waals surface area (Å²) in [5.74, 6) is 1.43. The van der Waals surface area contributed by atoms with E-state index in [1.807, 2.05) is 12.3 Å². The maximum atomic E-state index is 8.94. The molecule has 1 saturated heterocycles. The third-order valence-corrected chi connectivity index (χ3v) is 3.94. The van der Waals surface area contributed by atoms with Crippen LogP contribution in [-0.4, -0.2) is 30.0 Å². The second-order valence-electron chi connectivity index (χ2n) is 5.55. The van der Waals surface area contributed by atoms with Gasteiger partial charge in [-0.15, -0.1) is 0 Å². The van der Waals surface area contributed by atoms with Crippen LogP contribution in [0.25, 0.3) is 5.57 Å². The van der Waals surface area contributed by atoms with E-state index < -0.39 is 0 Å². The number of hydrogen-bond acceptors (Lipinski definition) is 3. The molecule has 2 atom stereocenters. The Kier molecular flexibility index (Phi) is 2.89. The van der Waals surface area contributed by atoms with Crippen molar-refractivity contribution in [3.05, 3.63) is 35.7 Å². The van der Waals surface area contributed by atoms with Crippen molar-refractivity contribution in [2.75, 3.05) is 20.1 Å². The molecular formula is C15H17N3. The lowest BCUT2D eigenvalue weighted by Crippen LogP contribution is -2.39. The topological polar surface area (TPSA) is 39.9 Å². The number of piperidine rings is 1. The SMILES string of the molecule is CN1C[C@H]2C=C(c3cncc(C#N)c3)C[C@H](C2)C1. The van der Waals surface area contributed by atoms with Gasteiger partial charge in [-0.1, -0.05) is 6.08 Å². The summed E-state index contributed by atoms with van der Waals surface area (Å²) in [4.78, 5) is 6.59. The third-order valence-electron chi connectivity index (χ3n) is 3.94. The number of allylic oxidation sites excluding steroid dienone is 1. The third kappa shape index (κ3) is 2.16. The molecule has 0 aromatic carbocycles. The van der Waals surface area contributed by atoms with Crippen LogP contribution in [0.3, 0.4) is 0 Å². The van der Waals surface area contributed by atoms with Gasteiger partial charge < -0.3 is 4.90 Å². The van der Waals surface area contributed by atoms with Crippen LogP contribution in [0.1, 0.15) is 24.0 Å². The summed E-state index contributed by atoms with van der Waals surface area (Å²) >= 11 is 0. The first kappa shape index (κ1) is 11.4. The van der Waals surface area contributed by atoms with Crippen molar-refractivity contribution in [1.29, 1.82) is 5.26 Å². The van der Waals surface area contributed by atoms with E-state index in [4.69, 9.17) is 5.26 Å². The second kappa shape index (κ2) is 4.55. The Hall–Kier alpha value is -1.66. The summed E-state index contributed by atoms with van der Waals surface area (Å²) < 4.78 is 0. The van der Waals surface area contributed by atoms with Crippen LogP contribution >= 0.6 is 0 Å². The zero-order valence-corrected chi connectivity index (χ0v) is 10.6. The fraction of sp³-hybridized carbons (Fsp3) is 0.467. The van der Waals surface area contributed by atoms with Crippen molar-refractivity contribution in [3.63, 3.8) is 0 Å². The van der Waals surface area contributed by atoms with Gasteiger partial charge in [-0.05, 0) is 48.9 Å². The molecule has 0 radical (unpaired) electrons. The summed E-state index contributed by atoms with van der Waals surface area (Å²) in [6.45, 7) is 2.35. The number of nitrogens with zero attached hydrogens (tertiary/aromatic N) is 3. The van der Waals surface area contributed by atoms with Crippen molar-refractivity contribution in [2.45, 2.75) is 12.8 Å². The Morgan fingerprint density at radius 2 is 2.28 bits per heavy atom. The smallest absolute Gasteiger partial charge is 0.101 e. The van der Waals surface area contributed by atoms with E-state index in [1.54, 1.807) is 6.20 Å². The molecular weight excluding hydrogens is 222 g/mol. The molecule has 1 aliphatic heterocycles. The summed E-state index contributed by atoms with van der Waals surface area (Å²) in [7, 11) is 2.20. The van der Waals surface area contributed by atoms with Crippen LogP contribution in [0.4, 0.5) is 0 Å². The second-order valence-corrected chi connectivity index (χ2v) is 5.55. The molecule has 3 heteroatoms. The van der Waals surface area contributed by atoms with E-state index in [0.717, 1.165) is 24.4 Å². The number of aromatic nitrogens is 1. The normalized spacial score (nSPS) is 27.4. The van der Waals surface area contributed by atoms with Crippen molar-refractivity contribution in [2.24, 2.45) is 11.8 Å². The van der Waals surface area contributed by atoms with E-state index >= 15 is 0 Å². The molecule has 2 bridgehead atoms. The molecule has 3 nitrogen and oxygen atoms in total. The number of fused-ring (bicyclic) bond motifs is 2. The number of likely N-dealkylation sites (tertiary alicyclic amines) is 1. The highest BCUT2D eigenvalue weighted by molar-refractivity contribution is 5.67. The fourth-order valence-corrected chi connectivity index (χ4v) is 3.32. The minimum absolute atomic E-state index is 0.654. The van der Waals surface area contributed by atoms with Crippen LogP contribution in [0.2, 0.25) is 0 Å². The van der Waals surface area contributed by atoms with Crippen molar-refractivity contribution < 1.29 is 0 Å². The number of nitriles is 1. The molecule has 0 spiro atoms. The van der Waals surface area contributed by atoms with Gasteiger partial charge in [0.2, 0.25) is 0 Å². The monoisotopic (exact) mass is 239 g/mol. The quantitative estimate of drug-likeness (QED) is 0.755. The van der Waals surface area contributed by atoms with Gasteiger partial charge in [0.05, 0.1) is 5.56 Å². The predicted octanol–water partition coefficient (Wildman–Crippen LogP) is 2.31. The maximum Gasteiger partial charge on any atom is 0.101 e. The molecule has 2 heterocycles. The number of rotatable bonds is 1. The minimum atomic E-state index is 0.654. The fourth-order valence-electron chi connectivity index (χ4n) is 3.32. The average Bonchev–Trinajstić information content (AvgIpc) is 2.37. The van der Waals surface area contributed by atoms with Gasteiger partial charge in [0.25, 0.3) is 0 Å². The summed E-state index contributed by atoms with van der Waals surface area (Å²) in [6, 6.07) is 4.13. The molecule has 0 saturated carbocycles. The van der Waals surface area contributed by atoms with Gasteiger partial charge in [0.15, 0.2) is 0 Å². The molecule has 1 aromatic rings. The Labute approximate surface area is 108 Å². The molecule has 1 aromatic heterocycles. The molecule has 0 unspecified atom stereocenters. The van der Waals surface area contributed by atoms with Gasteiger partial charge in [0.1, 0.15) is 6.07 Å². The van der Waals surface area contributed by atoms with Gasteiger partial charge in [-0.3, -0.25) is 4.98 Å². The zero-order chi connectivity index (χ0) is 12.5. The lowest BCUT2D eigenvalue weighted by Gasteiger charge is -2.38. The first-order valence-corrected chi connectivity index (χ1v) is 6.49. The molecule has 92 valence electrons. The lowest BCUT2D eigenvalue weighted by molar-refractivity contribution is 0.170. The van der Waals surface area contributed by atoms with E-state index in [2.05, 4.69) is 29.1 Å². The Morgan fingerprint density at radius 3 is 3.06 bits per heavy atom. The first-order valence-electron chi connectivity index (χ1n) is 6.49. The highest BCUT2D eigenvalue weighted by Crippen LogP contribution is 2.37. The molecule has 1 fully saturated rings. The molecule has 1 aliphatic carbocycles. The van der Waals surface area contributed by atoms with Crippen molar-refractivity contribution in [3.8, 4) is 6.07 Å². The van der Waals surface area contributed by atoms with E-state index in [0.29, 0.717) is 11.5 Å². The predicted molar refractivity (Wildman–Crippen MR) is 70.6 cm³/mol. The number of hydrogen-bond donors (Lipinski definition) is 0. The van der Waals surface area contributed by atoms with Crippen LogP contribution < -0.4 is 0 Å². The molecule has 0 amide bonds. The van der Waals surface area contributed by atoms with Crippen LogP contribution in [0.5, 0.6) is 0 Å². The summed E-state index contributed by atoms with van der Waals surface area (Å²) in [6.07, 6.45) is 8.35. The Balaban J connectivity index is 1.91. The van der Waals surface area contributed by atoms with E-state index in [1.165, 1.54) is 18.5 Å². The average molecular weight is 239 g/mol. The first-order chi connectivity index (χ1) is 8.74. The molecule has 0 N–H and O–H groups in total. The van der Waals surface area contributed by atoms with Crippen LogP contribution in [0.15, 0.2) is 24.5 Å². The highest BCUT2D eigenvalue weighted by Gasteiger charge is 2.29. The Bertz CT molecular complexity index is 527. The van der Waals surface area contributed by atoms with Gasteiger partial charge in [0, 0.05) is 25.5 Å². The van der Waals surface area contributed by atoms with Gasteiger partial charge in [-0.2, -0.15) is 5.26 Å². The van der Waals surface area contributed by atoms with E-state index in [-0.39, 0.29) is 0 Å². The van der Waals surface area contributed by atoms with Crippen molar-refractivity contribution in [1.82, 2.24) is 9.88 Å². The lowest BCUT2D eigenvalue weighted by atomic mass is 9.77. The standard InChI is InChI=1S/C15H17N3/c1-18-9-11-2-12(10-18)4-14(3-11)15-5-13(6-16)7-17-8-15/h3,5,7-8,11-12H,2,4,9-10H2,1H3/t11-,12+/m1/s1. The maximum absolute atomic E-state index is 8.94. The van der Waals surface area contributed by atoms with Crippen LogP contribution in [0, 0.1) is 23.2 Å². The van der Waals surface area contributed by atoms with E-state index in [9.17, 15) is 0 Å². The Morgan fingerprint density at radius 1 is 1.39 bits per heavy atom. The number of pyridine rings is 1.